The molecule has 4 nitrogen and oxygen atoms in total. The van der Waals surface area contributed by atoms with Gasteiger partial charge in [0.15, 0.2) is 0 Å². The minimum atomic E-state index is -0.875. The van der Waals surface area contributed by atoms with Crippen LogP contribution in [-0.4, -0.2) is 27.1 Å². The van der Waals surface area contributed by atoms with Crippen LogP contribution in [0, 0.1) is 11.3 Å². The van der Waals surface area contributed by atoms with E-state index in [0.717, 1.165) is 28.2 Å². The first-order valence-corrected chi connectivity index (χ1v) is 6.53. The highest BCUT2D eigenvalue weighted by Crippen LogP contribution is 2.23. The van der Waals surface area contributed by atoms with Crippen LogP contribution in [0.2, 0.25) is 0 Å². The summed E-state index contributed by atoms with van der Waals surface area (Å²) in [5.41, 5.74) is 1.98. The van der Waals surface area contributed by atoms with Crippen LogP contribution < -0.4 is 0 Å². The first-order chi connectivity index (χ1) is 8.72. The summed E-state index contributed by atoms with van der Waals surface area (Å²) in [6.45, 7) is 0. The number of nitrogens with zero attached hydrogens (tertiary/aromatic N) is 1. The van der Waals surface area contributed by atoms with E-state index in [1.165, 1.54) is 0 Å². The Balaban J connectivity index is 2.21. The molecule has 1 aromatic heterocycles. The number of carboxylic acid groups (broad SMARTS) is 1. The van der Waals surface area contributed by atoms with E-state index in [1.807, 2.05) is 36.5 Å². The van der Waals surface area contributed by atoms with Gasteiger partial charge in [-0.15, -0.1) is 11.8 Å². The van der Waals surface area contributed by atoms with E-state index in [2.05, 4.69) is 4.98 Å². The summed E-state index contributed by atoms with van der Waals surface area (Å²) in [6, 6.07) is 9.75. The van der Waals surface area contributed by atoms with Gasteiger partial charge in [-0.25, -0.2) is 0 Å². The maximum absolute atomic E-state index is 11.1. The predicted molar refractivity (Wildman–Crippen MR) is 71.5 cm³/mol. The lowest BCUT2D eigenvalue weighted by atomic mass is 10.1. The Kier molecular flexibility index (Phi) is 3.90. The average molecular weight is 260 g/mol. The molecule has 1 atom stereocenters. The van der Waals surface area contributed by atoms with Crippen LogP contribution in [0.25, 0.3) is 10.9 Å². The highest BCUT2D eigenvalue weighted by molar-refractivity contribution is 8.00. The number of thioether (sulfide) groups is 1. The number of fused-ring (bicyclic) bond motifs is 1. The zero-order valence-electron chi connectivity index (χ0n) is 9.59. The van der Waals surface area contributed by atoms with E-state index in [1.54, 1.807) is 0 Å². The van der Waals surface area contributed by atoms with Crippen LogP contribution in [0.5, 0.6) is 0 Å². The summed E-state index contributed by atoms with van der Waals surface area (Å²) in [7, 11) is 0. The SMILES string of the molecule is N#CCS[C@@H](Cc1c[nH]c2ccccc12)C(=O)O. The summed E-state index contributed by atoms with van der Waals surface area (Å²) >= 11 is 1.16. The van der Waals surface area contributed by atoms with Gasteiger partial charge in [0.2, 0.25) is 0 Å². The van der Waals surface area contributed by atoms with Crippen molar-refractivity contribution in [2.75, 3.05) is 5.75 Å². The molecule has 18 heavy (non-hydrogen) atoms. The van der Waals surface area contributed by atoms with E-state index in [-0.39, 0.29) is 5.75 Å². The Morgan fingerprint density at radius 3 is 3.00 bits per heavy atom. The third-order valence-electron chi connectivity index (χ3n) is 2.70. The first kappa shape index (κ1) is 12.5. The molecule has 2 N–H and O–H groups in total. The van der Waals surface area contributed by atoms with Gasteiger partial charge in [-0.1, -0.05) is 18.2 Å². The first-order valence-electron chi connectivity index (χ1n) is 5.48. The summed E-state index contributed by atoms with van der Waals surface area (Å²) in [5.74, 6) is -0.681. The number of nitriles is 1. The third-order valence-corrected chi connectivity index (χ3v) is 3.77. The smallest absolute Gasteiger partial charge is 0.316 e. The monoisotopic (exact) mass is 260 g/mol. The Labute approximate surface area is 109 Å². The molecule has 0 aliphatic carbocycles. The molecular formula is C13H12N2O2S. The fraction of sp³-hybridized carbons (Fsp3) is 0.231. The van der Waals surface area contributed by atoms with Gasteiger partial charge in [0.1, 0.15) is 5.25 Å². The lowest BCUT2D eigenvalue weighted by Crippen LogP contribution is -2.19. The van der Waals surface area contributed by atoms with Crippen molar-refractivity contribution in [3.8, 4) is 6.07 Å². The number of aliphatic carboxylic acids is 1. The van der Waals surface area contributed by atoms with Crippen LogP contribution >= 0.6 is 11.8 Å². The minimum Gasteiger partial charge on any atom is -0.480 e. The fourth-order valence-electron chi connectivity index (χ4n) is 1.86. The number of para-hydroxylation sites is 1. The van der Waals surface area contributed by atoms with Gasteiger partial charge in [-0.05, 0) is 18.1 Å². The molecule has 0 saturated carbocycles. The third kappa shape index (κ3) is 2.66. The summed E-state index contributed by atoms with van der Waals surface area (Å²) < 4.78 is 0. The van der Waals surface area contributed by atoms with Crippen molar-refractivity contribution < 1.29 is 9.90 Å². The predicted octanol–water partition coefficient (Wildman–Crippen LogP) is 2.42. The molecule has 1 aromatic carbocycles. The Bertz CT molecular complexity index is 600. The second-order valence-electron chi connectivity index (χ2n) is 3.86. The van der Waals surface area contributed by atoms with Crippen LogP contribution in [0.4, 0.5) is 0 Å². The molecule has 1 heterocycles. The van der Waals surface area contributed by atoms with Crippen LogP contribution in [0.15, 0.2) is 30.5 Å². The molecule has 2 rings (SSSR count). The molecule has 0 aliphatic heterocycles. The molecular weight excluding hydrogens is 248 g/mol. The lowest BCUT2D eigenvalue weighted by molar-refractivity contribution is -0.136. The molecule has 0 fully saturated rings. The molecule has 0 bridgehead atoms. The topological polar surface area (TPSA) is 76.9 Å². The standard InChI is InChI=1S/C13H12N2O2S/c14-5-6-18-12(13(16)17)7-9-8-15-11-4-2-1-3-10(9)11/h1-4,8,12,15H,6-7H2,(H,16,17)/t12-/m0/s1. The quantitative estimate of drug-likeness (QED) is 0.865. The lowest BCUT2D eigenvalue weighted by Gasteiger charge is -2.09. The Morgan fingerprint density at radius 1 is 1.50 bits per heavy atom. The number of nitrogens with one attached hydrogen (secondary N) is 1. The zero-order chi connectivity index (χ0) is 13.0. The van der Waals surface area contributed by atoms with Gasteiger partial charge < -0.3 is 10.1 Å². The number of aromatic amines is 1. The number of aromatic nitrogens is 1. The largest absolute Gasteiger partial charge is 0.480 e. The molecule has 5 heteroatoms. The second kappa shape index (κ2) is 5.61. The van der Waals surface area contributed by atoms with Crippen molar-refractivity contribution in [2.45, 2.75) is 11.7 Å². The van der Waals surface area contributed by atoms with Crippen molar-refractivity contribution in [2.24, 2.45) is 0 Å². The normalized spacial score (nSPS) is 12.2. The van der Waals surface area contributed by atoms with Gasteiger partial charge in [0.25, 0.3) is 0 Å². The van der Waals surface area contributed by atoms with Gasteiger partial charge in [-0.3, -0.25) is 4.79 Å². The maximum Gasteiger partial charge on any atom is 0.316 e. The Hall–Kier alpha value is -1.93. The molecule has 0 radical (unpaired) electrons. The van der Waals surface area contributed by atoms with Crippen LogP contribution in [-0.2, 0) is 11.2 Å². The van der Waals surface area contributed by atoms with Crippen LogP contribution in [0.1, 0.15) is 5.56 Å². The fourth-order valence-corrected chi connectivity index (χ4v) is 2.57. The molecule has 0 saturated heterocycles. The van der Waals surface area contributed by atoms with Crippen molar-refractivity contribution in [3.63, 3.8) is 0 Å². The van der Waals surface area contributed by atoms with Gasteiger partial charge in [-0.2, -0.15) is 5.26 Å². The number of H-pyrrole nitrogens is 1. The zero-order valence-corrected chi connectivity index (χ0v) is 10.4. The van der Waals surface area contributed by atoms with E-state index in [9.17, 15) is 4.79 Å². The number of carboxylic acids is 1. The number of hydrogen-bond acceptors (Lipinski definition) is 3. The number of rotatable bonds is 5. The van der Waals surface area contributed by atoms with Crippen molar-refractivity contribution >= 4 is 28.6 Å². The summed E-state index contributed by atoms with van der Waals surface area (Å²) in [4.78, 5) is 14.2. The minimum absolute atomic E-state index is 0.194. The van der Waals surface area contributed by atoms with Crippen molar-refractivity contribution in [1.29, 1.82) is 5.26 Å². The average Bonchev–Trinajstić information content (AvgIpc) is 2.77. The molecule has 92 valence electrons. The van der Waals surface area contributed by atoms with Crippen molar-refractivity contribution in [3.05, 3.63) is 36.0 Å². The molecule has 0 spiro atoms. The highest BCUT2D eigenvalue weighted by atomic mass is 32.2. The second-order valence-corrected chi connectivity index (χ2v) is 5.05. The van der Waals surface area contributed by atoms with Crippen molar-refractivity contribution in [1.82, 2.24) is 4.98 Å². The van der Waals surface area contributed by atoms with Gasteiger partial charge in [0, 0.05) is 17.1 Å². The van der Waals surface area contributed by atoms with Gasteiger partial charge >= 0.3 is 5.97 Å². The molecule has 0 amide bonds. The summed E-state index contributed by atoms with van der Waals surface area (Å²) in [6.07, 6.45) is 2.26. The summed E-state index contributed by atoms with van der Waals surface area (Å²) in [5, 5.41) is 18.1. The van der Waals surface area contributed by atoms with Gasteiger partial charge in [0.05, 0.1) is 11.8 Å². The number of benzene rings is 1. The molecule has 2 aromatic rings. The number of hydrogen-bond donors (Lipinski definition) is 2. The van der Waals surface area contributed by atoms with E-state index in [0.29, 0.717) is 6.42 Å². The van der Waals surface area contributed by atoms with E-state index >= 15 is 0 Å². The molecule has 0 unspecified atom stereocenters. The highest BCUT2D eigenvalue weighted by Gasteiger charge is 2.19. The van der Waals surface area contributed by atoms with E-state index in [4.69, 9.17) is 10.4 Å². The molecule has 0 aliphatic rings. The number of carbonyl (C=O) groups is 1. The Morgan fingerprint density at radius 2 is 2.28 bits per heavy atom. The maximum atomic E-state index is 11.1. The van der Waals surface area contributed by atoms with E-state index < -0.39 is 11.2 Å². The van der Waals surface area contributed by atoms with Crippen LogP contribution in [0.3, 0.4) is 0 Å².